The summed E-state index contributed by atoms with van der Waals surface area (Å²) >= 11 is 0. The summed E-state index contributed by atoms with van der Waals surface area (Å²) < 4.78 is 12.8. The molecule has 1 spiro atoms. The summed E-state index contributed by atoms with van der Waals surface area (Å²) in [5, 5.41) is 13.0. The number of hydrogen-bond donors (Lipinski definition) is 2. The fourth-order valence-corrected chi connectivity index (χ4v) is 3.44. The van der Waals surface area contributed by atoms with Crippen molar-refractivity contribution >= 4 is 17.8 Å². The Bertz CT molecular complexity index is 524. The second-order valence-electron chi connectivity index (χ2n) is 6.69. The molecule has 0 aromatic rings. The minimum absolute atomic E-state index is 0.0565. The number of nitrogens with one attached hydrogen (secondary N) is 1. The first kappa shape index (κ1) is 15.2. The lowest BCUT2D eigenvalue weighted by Crippen LogP contribution is -2.61. The van der Waals surface area contributed by atoms with Crippen LogP contribution in [0.5, 0.6) is 0 Å². The molecule has 4 amide bonds. The Morgan fingerprint density at radius 1 is 1.41 bits per heavy atom. The van der Waals surface area contributed by atoms with Crippen molar-refractivity contribution in [2.75, 3.05) is 19.6 Å². The number of aliphatic hydroxyl groups is 1. The highest BCUT2D eigenvalue weighted by atomic mass is 19.1. The second kappa shape index (κ2) is 4.91. The first-order chi connectivity index (χ1) is 10.3. The minimum atomic E-state index is -1.91. The van der Waals surface area contributed by atoms with Crippen molar-refractivity contribution in [3.05, 3.63) is 0 Å². The monoisotopic (exact) mass is 313 g/mol. The number of halogens is 1. The molecule has 0 aromatic heterocycles. The molecular formula is C14H20FN3O4. The van der Waals surface area contributed by atoms with Crippen LogP contribution in [0, 0.1) is 0 Å². The molecule has 2 heterocycles. The predicted octanol–water partition coefficient (Wildman–Crippen LogP) is -0.218. The van der Waals surface area contributed by atoms with Gasteiger partial charge < -0.3 is 15.3 Å². The standard InChI is InChI=1S/C14H20FN3O4/c1-13(22,10(19)17-6-9(15)7-17)8-18-11(20)14(16-12(18)21)4-2-3-5-14/h9,22H,2-8H2,1H3,(H,16,21). The number of β-amino-alcohol motifs (C(OH)–C–C–N with tert-alkyl or cyclic N) is 1. The number of urea groups is 1. The third-order valence-electron chi connectivity index (χ3n) is 4.75. The van der Waals surface area contributed by atoms with Crippen LogP contribution in [0.3, 0.4) is 0 Å². The first-order valence-electron chi connectivity index (χ1n) is 7.55. The fraction of sp³-hybridized carbons (Fsp3) is 0.786. The number of nitrogens with zero attached hydrogens (tertiary/aromatic N) is 2. The summed E-state index contributed by atoms with van der Waals surface area (Å²) in [6.07, 6.45) is 1.82. The summed E-state index contributed by atoms with van der Waals surface area (Å²) in [4.78, 5) is 38.8. The molecule has 3 fully saturated rings. The smallest absolute Gasteiger partial charge is 0.325 e. The highest BCUT2D eigenvalue weighted by Crippen LogP contribution is 2.35. The molecule has 0 radical (unpaired) electrons. The van der Waals surface area contributed by atoms with E-state index in [0.29, 0.717) is 12.8 Å². The van der Waals surface area contributed by atoms with Crippen molar-refractivity contribution < 1.29 is 23.9 Å². The van der Waals surface area contributed by atoms with Crippen LogP contribution in [-0.4, -0.2) is 69.7 Å². The molecule has 2 N–H and O–H groups in total. The average molecular weight is 313 g/mol. The van der Waals surface area contributed by atoms with E-state index in [1.165, 1.54) is 11.8 Å². The SMILES string of the molecule is CC(O)(CN1C(=O)NC2(CCCC2)C1=O)C(=O)N1CC(F)C1. The zero-order chi connectivity index (χ0) is 16.1. The molecule has 2 saturated heterocycles. The maximum atomic E-state index is 12.8. The Hall–Kier alpha value is -1.70. The van der Waals surface area contributed by atoms with Gasteiger partial charge in [-0.25, -0.2) is 9.18 Å². The van der Waals surface area contributed by atoms with Crippen LogP contribution >= 0.6 is 0 Å². The molecule has 1 aliphatic carbocycles. The number of likely N-dealkylation sites (tertiary alicyclic amines) is 1. The summed E-state index contributed by atoms with van der Waals surface area (Å²) in [5.74, 6) is -1.04. The molecule has 8 heteroatoms. The van der Waals surface area contributed by atoms with Crippen LogP contribution < -0.4 is 5.32 Å². The van der Waals surface area contributed by atoms with Gasteiger partial charge in [-0.1, -0.05) is 12.8 Å². The Balaban J connectivity index is 1.70. The summed E-state index contributed by atoms with van der Waals surface area (Å²) in [7, 11) is 0. The van der Waals surface area contributed by atoms with Crippen LogP contribution in [-0.2, 0) is 9.59 Å². The van der Waals surface area contributed by atoms with E-state index in [2.05, 4.69) is 5.32 Å². The third-order valence-corrected chi connectivity index (χ3v) is 4.75. The van der Waals surface area contributed by atoms with Gasteiger partial charge in [0, 0.05) is 0 Å². The average Bonchev–Trinajstić information content (AvgIpc) is 2.96. The molecule has 2 aliphatic heterocycles. The summed E-state index contributed by atoms with van der Waals surface area (Å²) in [5.41, 5.74) is -2.77. The number of amides is 4. The number of carbonyl (C=O) groups is 3. The maximum Gasteiger partial charge on any atom is 0.325 e. The van der Waals surface area contributed by atoms with Crippen molar-refractivity contribution in [2.45, 2.75) is 49.9 Å². The van der Waals surface area contributed by atoms with Crippen molar-refractivity contribution in [1.29, 1.82) is 0 Å². The Morgan fingerprint density at radius 3 is 2.55 bits per heavy atom. The van der Waals surface area contributed by atoms with Gasteiger partial charge in [0.15, 0.2) is 5.60 Å². The fourth-order valence-electron chi connectivity index (χ4n) is 3.44. The van der Waals surface area contributed by atoms with Gasteiger partial charge in [-0.3, -0.25) is 14.5 Å². The van der Waals surface area contributed by atoms with E-state index in [4.69, 9.17) is 0 Å². The van der Waals surface area contributed by atoms with Crippen LogP contribution in [0.25, 0.3) is 0 Å². The lowest BCUT2D eigenvalue weighted by Gasteiger charge is -2.39. The lowest BCUT2D eigenvalue weighted by molar-refractivity contribution is -0.159. The quantitative estimate of drug-likeness (QED) is 0.705. The van der Waals surface area contributed by atoms with Gasteiger partial charge in [0.2, 0.25) is 0 Å². The second-order valence-corrected chi connectivity index (χ2v) is 6.69. The first-order valence-corrected chi connectivity index (χ1v) is 7.55. The van der Waals surface area contributed by atoms with E-state index >= 15 is 0 Å². The Labute approximate surface area is 127 Å². The molecule has 122 valence electrons. The number of carbonyl (C=O) groups excluding carboxylic acids is 3. The van der Waals surface area contributed by atoms with Crippen molar-refractivity contribution in [3.63, 3.8) is 0 Å². The van der Waals surface area contributed by atoms with Crippen LogP contribution in [0.1, 0.15) is 32.6 Å². The van der Waals surface area contributed by atoms with Crippen LogP contribution in [0.15, 0.2) is 0 Å². The molecule has 1 unspecified atom stereocenters. The number of imide groups is 1. The van der Waals surface area contributed by atoms with Crippen LogP contribution in [0.2, 0.25) is 0 Å². The lowest BCUT2D eigenvalue weighted by atomic mass is 9.96. The molecule has 7 nitrogen and oxygen atoms in total. The van der Waals surface area contributed by atoms with Crippen molar-refractivity contribution in [3.8, 4) is 0 Å². The van der Waals surface area contributed by atoms with Crippen molar-refractivity contribution in [2.24, 2.45) is 0 Å². The van der Waals surface area contributed by atoms with Gasteiger partial charge in [-0.2, -0.15) is 0 Å². The van der Waals surface area contributed by atoms with Gasteiger partial charge in [-0.15, -0.1) is 0 Å². The van der Waals surface area contributed by atoms with Crippen molar-refractivity contribution in [1.82, 2.24) is 15.1 Å². The third kappa shape index (κ3) is 2.25. The normalized spacial score (nSPS) is 27.0. The largest absolute Gasteiger partial charge is 0.378 e. The van der Waals surface area contributed by atoms with E-state index in [1.807, 2.05) is 0 Å². The van der Waals surface area contributed by atoms with Gasteiger partial charge in [0.25, 0.3) is 11.8 Å². The molecular weight excluding hydrogens is 293 g/mol. The number of hydrogen-bond acceptors (Lipinski definition) is 4. The van der Waals surface area contributed by atoms with E-state index < -0.39 is 35.8 Å². The molecule has 3 rings (SSSR count). The highest BCUT2D eigenvalue weighted by molar-refractivity contribution is 6.07. The van der Waals surface area contributed by atoms with Crippen LogP contribution in [0.4, 0.5) is 9.18 Å². The zero-order valence-corrected chi connectivity index (χ0v) is 12.5. The molecule has 1 saturated carbocycles. The van der Waals surface area contributed by atoms with Gasteiger partial charge in [0.1, 0.15) is 11.7 Å². The van der Waals surface area contributed by atoms with E-state index in [-0.39, 0.29) is 19.0 Å². The molecule has 1 atom stereocenters. The maximum absolute atomic E-state index is 12.8. The van der Waals surface area contributed by atoms with E-state index in [0.717, 1.165) is 17.7 Å². The molecule has 3 aliphatic rings. The Morgan fingerprint density at radius 2 is 2.00 bits per heavy atom. The van der Waals surface area contributed by atoms with E-state index in [1.54, 1.807) is 0 Å². The minimum Gasteiger partial charge on any atom is -0.378 e. The summed E-state index contributed by atoms with van der Waals surface area (Å²) in [6.45, 7) is 0.727. The molecule has 22 heavy (non-hydrogen) atoms. The van der Waals surface area contributed by atoms with Gasteiger partial charge in [0.05, 0.1) is 19.6 Å². The number of rotatable bonds is 3. The van der Waals surface area contributed by atoms with Gasteiger partial charge in [-0.05, 0) is 19.8 Å². The topological polar surface area (TPSA) is 90.0 Å². The molecule has 0 bridgehead atoms. The highest BCUT2D eigenvalue weighted by Gasteiger charge is 2.54. The Kier molecular flexibility index (Phi) is 3.39. The van der Waals surface area contributed by atoms with Gasteiger partial charge >= 0.3 is 6.03 Å². The zero-order valence-electron chi connectivity index (χ0n) is 12.5. The predicted molar refractivity (Wildman–Crippen MR) is 73.5 cm³/mol. The molecule has 0 aromatic carbocycles. The number of alkyl halides is 1. The van der Waals surface area contributed by atoms with E-state index in [9.17, 15) is 23.9 Å². The summed E-state index contributed by atoms with van der Waals surface area (Å²) in [6, 6.07) is -0.577.